The van der Waals surface area contributed by atoms with E-state index in [0.717, 1.165) is 6.92 Å². The second kappa shape index (κ2) is 9.78. The molecule has 1 rings (SSSR count). The predicted molar refractivity (Wildman–Crippen MR) is 50.2 cm³/mol. The fraction of sp³-hybridized carbons (Fsp3) is 0.125. The van der Waals surface area contributed by atoms with Crippen LogP contribution in [0.25, 0.3) is 0 Å². The lowest BCUT2D eigenvalue weighted by Crippen LogP contribution is -1.74. The highest BCUT2D eigenvalue weighted by molar-refractivity contribution is 5.85. The molecule has 1 aromatic rings. The van der Waals surface area contributed by atoms with E-state index in [1.807, 2.05) is 41.6 Å². The van der Waals surface area contributed by atoms with Gasteiger partial charge in [-0.1, -0.05) is 36.4 Å². The lowest BCUT2D eigenvalue weighted by molar-refractivity contribution is -0.115. The van der Waals surface area contributed by atoms with Gasteiger partial charge in [0.15, 0.2) is 0 Å². The molecule has 0 atom stereocenters. The van der Waals surface area contributed by atoms with Gasteiger partial charge in [-0.25, -0.2) is 0 Å². The lowest BCUT2D eigenvalue weighted by atomic mass is 10.4. The minimum atomic E-state index is -0.676. The van der Waals surface area contributed by atoms with Crippen LogP contribution < -0.4 is 0 Å². The molecule has 4 heteroatoms. The molecule has 1 amide bonds. The van der Waals surface area contributed by atoms with Gasteiger partial charge in [0.05, 0.1) is 0 Å². The van der Waals surface area contributed by atoms with Crippen molar-refractivity contribution in [2.45, 2.75) is 6.92 Å². The summed E-state index contributed by atoms with van der Waals surface area (Å²) in [7, 11) is 0. The van der Waals surface area contributed by atoms with Crippen LogP contribution in [-0.2, 0) is 4.79 Å². The minimum Gasteiger partial charge on any atom is -0.269 e. The molecule has 12 heavy (non-hydrogen) atoms. The Kier molecular flexibility index (Phi) is 10.9. The van der Waals surface area contributed by atoms with E-state index < -0.39 is 5.91 Å². The van der Waals surface area contributed by atoms with Gasteiger partial charge in [0.1, 0.15) is 0 Å². The van der Waals surface area contributed by atoms with Crippen LogP contribution in [0.5, 0.6) is 0 Å². The molecule has 0 heterocycles. The molecule has 66 valence electrons. The van der Waals surface area contributed by atoms with E-state index in [0.29, 0.717) is 0 Å². The Labute approximate surface area is 77.2 Å². The van der Waals surface area contributed by atoms with Crippen LogP contribution in [-0.4, -0.2) is 5.91 Å². The number of halogens is 1. The molecule has 0 fully saturated rings. The Morgan fingerprint density at radius 1 is 1.00 bits per heavy atom. The summed E-state index contributed by atoms with van der Waals surface area (Å²) in [5.74, 6) is -0.676. The molecule has 0 spiro atoms. The minimum absolute atomic E-state index is 0. The van der Waals surface area contributed by atoms with E-state index in [9.17, 15) is 4.79 Å². The fourth-order valence-electron chi connectivity index (χ4n) is 0.385. The number of carbonyl (C=O) groups is 1. The van der Waals surface area contributed by atoms with Crippen molar-refractivity contribution in [3.63, 3.8) is 0 Å². The number of benzene rings is 1. The van der Waals surface area contributed by atoms with Crippen molar-refractivity contribution in [1.29, 1.82) is 0 Å². The monoisotopic (exact) mass is 187 g/mol. The zero-order chi connectivity index (χ0) is 8.53. The Morgan fingerprint density at radius 3 is 1.25 bits per heavy atom. The molecule has 0 aliphatic rings. The van der Waals surface area contributed by atoms with Gasteiger partial charge in [0.2, 0.25) is 0 Å². The number of carbonyl (C=O) groups excluding carboxylic acids is 1. The van der Waals surface area contributed by atoms with Gasteiger partial charge in [0.25, 0.3) is 5.91 Å². The molecule has 0 aliphatic carbocycles. The molecule has 0 unspecified atom stereocenters. The Hall–Kier alpha value is -1.22. The van der Waals surface area contributed by atoms with Crippen molar-refractivity contribution in [2.24, 2.45) is 5.18 Å². The van der Waals surface area contributed by atoms with Gasteiger partial charge in [0, 0.05) is 12.1 Å². The zero-order valence-corrected chi connectivity index (χ0v) is 7.45. The maximum absolute atomic E-state index is 9.33. The number of nitrogens with zero attached hydrogens (tertiary/aromatic N) is 1. The highest BCUT2D eigenvalue weighted by atomic mass is 35.5. The second-order valence-corrected chi connectivity index (χ2v) is 1.77. The van der Waals surface area contributed by atoms with Crippen LogP contribution in [0, 0.1) is 4.91 Å². The van der Waals surface area contributed by atoms with Crippen molar-refractivity contribution in [2.75, 3.05) is 0 Å². The first-order chi connectivity index (χ1) is 5.27. The second-order valence-electron chi connectivity index (χ2n) is 1.77. The first-order valence-electron chi connectivity index (χ1n) is 3.11. The summed E-state index contributed by atoms with van der Waals surface area (Å²) in [6.07, 6.45) is 0. The summed E-state index contributed by atoms with van der Waals surface area (Å²) in [6, 6.07) is 12.0. The maximum atomic E-state index is 9.33. The maximum Gasteiger partial charge on any atom is 0.283 e. The van der Waals surface area contributed by atoms with Crippen molar-refractivity contribution < 1.29 is 4.79 Å². The Balaban J connectivity index is 0. The molecule has 0 aliphatic heterocycles. The van der Waals surface area contributed by atoms with E-state index in [2.05, 4.69) is 0 Å². The number of rotatable bonds is 0. The molecule has 0 N–H and O–H groups in total. The molecule has 0 saturated carbocycles. The quantitative estimate of drug-likeness (QED) is 0.586. The Morgan fingerprint density at radius 2 is 1.17 bits per heavy atom. The number of nitroso groups, excluding NO2 is 1. The van der Waals surface area contributed by atoms with Crippen LogP contribution in [0.2, 0.25) is 0 Å². The average Bonchev–Trinajstić information content (AvgIpc) is 2.09. The smallest absolute Gasteiger partial charge is 0.269 e. The van der Waals surface area contributed by atoms with Crippen molar-refractivity contribution in [1.82, 2.24) is 0 Å². The highest BCUT2D eigenvalue weighted by Crippen LogP contribution is 1.79. The van der Waals surface area contributed by atoms with E-state index >= 15 is 0 Å². The SMILES string of the molecule is CC(=O)N=O.Cl.c1ccccc1. The molecular weight excluding hydrogens is 178 g/mol. The molecule has 0 aromatic heterocycles. The van der Waals surface area contributed by atoms with Crippen molar-refractivity contribution >= 4 is 18.3 Å². The summed E-state index contributed by atoms with van der Waals surface area (Å²) < 4.78 is 0. The van der Waals surface area contributed by atoms with Crippen molar-refractivity contribution in [3.8, 4) is 0 Å². The third kappa shape index (κ3) is 11.6. The van der Waals surface area contributed by atoms with E-state index in [4.69, 9.17) is 4.91 Å². The van der Waals surface area contributed by atoms with Crippen LogP contribution >= 0.6 is 12.4 Å². The molecular formula is C8H10ClNO2. The lowest BCUT2D eigenvalue weighted by Gasteiger charge is -1.69. The van der Waals surface area contributed by atoms with E-state index in [1.165, 1.54) is 0 Å². The largest absolute Gasteiger partial charge is 0.283 e. The summed E-state index contributed by atoms with van der Waals surface area (Å²) in [5.41, 5.74) is 0. The van der Waals surface area contributed by atoms with Gasteiger partial charge in [-0.05, 0) is 0 Å². The van der Waals surface area contributed by atoms with Crippen molar-refractivity contribution in [3.05, 3.63) is 41.3 Å². The summed E-state index contributed by atoms with van der Waals surface area (Å²) >= 11 is 0. The molecule has 3 nitrogen and oxygen atoms in total. The third-order valence-electron chi connectivity index (χ3n) is 0.795. The van der Waals surface area contributed by atoms with Gasteiger partial charge in [-0.2, -0.15) is 0 Å². The fourth-order valence-corrected chi connectivity index (χ4v) is 0.385. The average molecular weight is 188 g/mol. The van der Waals surface area contributed by atoms with Gasteiger partial charge >= 0.3 is 0 Å². The Bertz CT molecular complexity index is 187. The number of amides is 1. The molecule has 0 radical (unpaired) electrons. The third-order valence-corrected chi connectivity index (χ3v) is 0.795. The number of hydrogen-bond acceptors (Lipinski definition) is 2. The normalized spacial score (nSPS) is 6.75. The standard InChI is InChI=1S/C6H6.C2H3NO2.ClH/c1-2-4-6-5-3-1;1-2(4)3-5;/h1-6H;1H3;1H. The van der Waals surface area contributed by atoms with E-state index in [-0.39, 0.29) is 12.4 Å². The van der Waals surface area contributed by atoms with E-state index in [1.54, 1.807) is 0 Å². The summed E-state index contributed by atoms with van der Waals surface area (Å²) in [4.78, 5) is 18.2. The zero-order valence-electron chi connectivity index (χ0n) is 6.64. The van der Waals surface area contributed by atoms with Gasteiger partial charge < -0.3 is 0 Å². The molecule has 0 bridgehead atoms. The van der Waals surface area contributed by atoms with Crippen LogP contribution in [0.15, 0.2) is 41.6 Å². The first-order valence-corrected chi connectivity index (χ1v) is 3.11. The number of hydrogen-bond donors (Lipinski definition) is 0. The van der Waals surface area contributed by atoms with Crippen LogP contribution in [0.3, 0.4) is 0 Å². The van der Waals surface area contributed by atoms with Gasteiger partial charge in [-0.3, -0.25) is 4.79 Å². The van der Waals surface area contributed by atoms with Crippen LogP contribution in [0.1, 0.15) is 6.92 Å². The summed E-state index contributed by atoms with van der Waals surface area (Å²) in [6.45, 7) is 1.10. The molecule has 0 saturated heterocycles. The topological polar surface area (TPSA) is 46.5 Å². The first kappa shape index (κ1) is 13.4. The summed E-state index contributed by atoms with van der Waals surface area (Å²) in [5, 5.41) is 2.00. The van der Waals surface area contributed by atoms with Gasteiger partial charge in [-0.15, -0.1) is 17.3 Å². The molecule has 1 aromatic carbocycles. The predicted octanol–water partition coefficient (Wildman–Crippen LogP) is 2.41. The van der Waals surface area contributed by atoms with Crippen LogP contribution in [0.4, 0.5) is 0 Å². The highest BCUT2D eigenvalue weighted by Gasteiger charge is 1.77.